The van der Waals surface area contributed by atoms with E-state index in [1.807, 2.05) is 0 Å². The number of rotatable bonds is 2. The maximum atomic E-state index is 12.9. The normalized spacial score (nSPS) is 11.5. The number of hydrogen-bond donors (Lipinski definition) is 2. The van der Waals surface area contributed by atoms with Crippen molar-refractivity contribution < 1.29 is 22.3 Å². The molecule has 7 heteroatoms. The highest BCUT2D eigenvalue weighted by Gasteiger charge is 2.33. The molecule has 0 aliphatic rings. The summed E-state index contributed by atoms with van der Waals surface area (Å²) in [6, 6.07) is 2.02. The van der Waals surface area contributed by atoms with Crippen molar-refractivity contribution in [2.24, 2.45) is 5.73 Å². The second-order valence-corrected chi connectivity index (χ2v) is 2.70. The molecular formula is C8H8F4N2O. The van der Waals surface area contributed by atoms with Gasteiger partial charge in [-0.25, -0.2) is 4.39 Å². The zero-order chi connectivity index (χ0) is 11.6. The molecule has 0 unspecified atom stereocenters. The summed E-state index contributed by atoms with van der Waals surface area (Å²) in [4.78, 5) is 0. The zero-order valence-corrected chi connectivity index (χ0v) is 7.44. The molecule has 0 radical (unpaired) electrons. The van der Waals surface area contributed by atoms with E-state index in [1.54, 1.807) is 0 Å². The van der Waals surface area contributed by atoms with Crippen LogP contribution in [-0.4, -0.2) is 6.36 Å². The number of halogens is 4. The molecule has 0 aromatic heterocycles. The average molecular weight is 224 g/mol. The highest BCUT2D eigenvalue weighted by molar-refractivity contribution is 5.57. The van der Waals surface area contributed by atoms with Gasteiger partial charge < -0.3 is 16.2 Å². The second-order valence-electron chi connectivity index (χ2n) is 2.70. The maximum Gasteiger partial charge on any atom is 0.573 e. The fraction of sp³-hybridized carbons (Fsp3) is 0.250. The van der Waals surface area contributed by atoms with Gasteiger partial charge in [-0.3, -0.25) is 0 Å². The summed E-state index contributed by atoms with van der Waals surface area (Å²) in [5.41, 5.74) is 9.57. The van der Waals surface area contributed by atoms with Crippen LogP contribution in [0.5, 0.6) is 5.75 Å². The Labute approximate surface area is 82.6 Å². The standard InChI is InChI=1S/C8H8F4N2O/c9-5-2-1-4(3-13)7(6(5)14)15-8(10,11)12/h1-2H,3,13-14H2. The highest BCUT2D eigenvalue weighted by Crippen LogP contribution is 2.33. The minimum Gasteiger partial charge on any atom is -0.403 e. The van der Waals surface area contributed by atoms with Crippen molar-refractivity contribution in [2.75, 3.05) is 5.73 Å². The second kappa shape index (κ2) is 3.93. The fourth-order valence-corrected chi connectivity index (χ4v) is 1.02. The van der Waals surface area contributed by atoms with Gasteiger partial charge in [-0.05, 0) is 6.07 Å². The fourth-order valence-electron chi connectivity index (χ4n) is 1.02. The number of benzene rings is 1. The van der Waals surface area contributed by atoms with Gasteiger partial charge in [-0.2, -0.15) is 0 Å². The van der Waals surface area contributed by atoms with E-state index in [0.717, 1.165) is 12.1 Å². The van der Waals surface area contributed by atoms with Gasteiger partial charge in [0.1, 0.15) is 11.5 Å². The molecule has 0 amide bonds. The highest BCUT2D eigenvalue weighted by atomic mass is 19.4. The lowest BCUT2D eigenvalue weighted by atomic mass is 10.1. The predicted octanol–water partition coefficient (Wildman–Crippen LogP) is 1.77. The van der Waals surface area contributed by atoms with E-state index in [4.69, 9.17) is 11.5 Å². The maximum absolute atomic E-state index is 12.9. The number of nitrogens with two attached hydrogens (primary N) is 2. The van der Waals surface area contributed by atoms with E-state index in [-0.39, 0.29) is 12.1 Å². The van der Waals surface area contributed by atoms with Crippen molar-refractivity contribution in [1.82, 2.24) is 0 Å². The van der Waals surface area contributed by atoms with E-state index in [2.05, 4.69) is 4.74 Å². The molecule has 1 aromatic rings. The van der Waals surface area contributed by atoms with Gasteiger partial charge in [0.2, 0.25) is 0 Å². The molecule has 4 N–H and O–H groups in total. The van der Waals surface area contributed by atoms with Gasteiger partial charge >= 0.3 is 6.36 Å². The number of alkyl halides is 3. The predicted molar refractivity (Wildman–Crippen MR) is 45.4 cm³/mol. The Hall–Kier alpha value is -1.50. The van der Waals surface area contributed by atoms with Crippen LogP contribution in [0.2, 0.25) is 0 Å². The van der Waals surface area contributed by atoms with E-state index < -0.39 is 23.6 Å². The zero-order valence-electron chi connectivity index (χ0n) is 7.44. The van der Waals surface area contributed by atoms with E-state index >= 15 is 0 Å². The number of hydrogen-bond acceptors (Lipinski definition) is 3. The third-order valence-corrected chi connectivity index (χ3v) is 1.66. The van der Waals surface area contributed by atoms with Crippen molar-refractivity contribution in [3.8, 4) is 5.75 Å². The van der Waals surface area contributed by atoms with Gasteiger partial charge in [-0.15, -0.1) is 13.2 Å². The van der Waals surface area contributed by atoms with E-state index in [9.17, 15) is 17.6 Å². The first-order valence-corrected chi connectivity index (χ1v) is 3.88. The van der Waals surface area contributed by atoms with Crippen molar-refractivity contribution in [3.63, 3.8) is 0 Å². The monoisotopic (exact) mass is 224 g/mol. The smallest absolute Gasteiger partial charge is 0.403 e. The molecule has 3 nitrogen and oxygen atoms in total. The third kappa shape index (κ3) is 2.72. The van der Waals surface area contributed by atoms with Crippen molar-refractivity contribution in [3.05, 3.63) is 23.5 Å². The number of nitrogen functional groups attached to an aromatic ring is 1. The van der Waals surface area contributed by atoms with Crippen LogP contribution in [0.1, 0.15) is 5.56 Å². The molecule has 0 atom stereocenters. The molecule has 15 heavy (non-hydrogen) atoms. The van der Waals surface area contributed by atoms with Gasteiger partial charge in [0, 0.05) is 12.1 Å². The first-order chi connectivity index (χ1) is 6.85. The molecule has 0 spiro atoms. The molecule has 1 rings (SSSR count). The molecule has 0 bridgehead atoms. The minimum absolute atomic E-state index is 0.00812. The summed E-state index contributed by atoms with van der Waals surface area (Å²) in [6.45, 7) is -0.226. The molecule has 0 saturated carbocycles. The number of ether oxygens (including phenoxy) is 1. The molecule has 0 heterocycles. The van der Waals surface area contributed by atoms with Crippen LogP contribution in [0.3, 0.4) is 0 Å². The SMILES string of the molecule is NCc1ccc(F)c(N)c1OC(F)(F)F. The Morgan fingerprint density at radius 3 is 2.33 bits per heavy atom. The van der Waals surface area contributed by atoms with Crippen LogP contribution in [0, 0.1) is 5.82 Å². The van der Waals surface area contributed by atoms with Crippen LogP contribution in [0.4, 0.5) is 23.2 Å². The van der Waals surface area contributed by atoms with Crippen LogP contribution in [-0.2, 0) is 6.54 Å². The summed E-state index contributed by atoms with van der Waals surface area (Å²) < 4.78 is 52.2. The summed E-state index contributed by atoms with van der Waals surface area (Å²) >= 11 is 0. The topological polar surface area (TPSA) is 61.3 Å². The van der Waals surface area contributed by atoms with Crippen LogP contribution >= 0.6 is 0 Å². The van der Waals surface area contributed by atoms with E-state index in [1.165, 1.54) is 0 Å². The summed E-state index contributed by atoms with van der Waals surface area (Å²) in [6.07, 6.45) is -4.92. The lowest BCUT2D eigenvalue weighted by molar-refractivity contribution is -0.274. The lowest BCUT2D eigenvalue weighted by Crippen LogP contribution is -2.20. The summed E-state index contributed by atoms with van der Waals surface area (Å²) in [5, 5.41) is 0. The Balaban J connectivity index is 3.18. The summed E-state index contributed by atoms with van der Waals surface area (Å²) in [5.74, 6) is -1.75. The molecule has 0 fully saturated rings. The summed E-state index contributed by atoms with van der Waals surface area (Å²) in [7, 11) is 0. The van der Waals surface area contributed by atoms with E-state index in [0.29, 0.717) is 0 Å². The van der Waals surface area contributed by atoms with Gasteiger partial charge in [-0.1, -0.05) is 6.07 Å². The Kier molecular flexibility index (Phi) is 3.04. The van der Waals surface area contributed by atoms with Gasteiger partial charge in [0.25, 0.3) is 0 Å². The Morgan fingerprint density at radius 1 is 1.27 bits per heavy atom. The first kappa shape index (κ1) is 11.6. The van der Waals surface area contributed by atoms with Crippen molar-refractivity contribution in [1.29, 1.82) is 0 Å². The lowest BCUT2D eigenvalue weighted by Gasteiger charge is -2.14. The molecule has 1 aromatic carbocycles. The molecule has 0 aliphatic heterocycles. The number of anilines is 1. The molecule has 84 valence electrons. The van der Waals surface area contributed by atoms with Crippen LogP contribution < -0.4 is 16.2 Å². The average Bonchev–Trinajstić information content (AvgIpc) is 2.11. The Morgan fingerprint density at radius 2 is 1.87 bits per heavy atom. The largest absolute Gasteiger partial charge is 0.573 e. The van der Waals surface area contributed by atoms with Crippen molar-refractivity contribution >= 4 is 5.69 Å². The van der Waals surface area contributed by atoms with Gasteiger partial charge in [0.15, 0.2) is 5.75 Å². The first-order valence-electron chi connectivity index (χ1n) is 3.88. The minimum atomic E-state index is -4.92. The van der Waals surface area contributed by atoms with Crippen LogP contribution in [0.15, 0.2) is 12.1 Å². The molecule has 0 saturated heterocycles. The van der Waals surface area contributed by atoms with Crippen LogP contribution in [0.25, 0.3) is 0 Å². The molecule has 0 aliphatic carbocycles. The Bertz CT molecular complexity index is 364. The third-order valence-electron chi connectivity index (χ3n) is 1.66. The van der Waals surface area contributed by atoms with Crippen molar-refractivity contribution in [2.45, 2.75) is 12.9 Å². The quantitative estimate of drug-likeness (QED) is 0.594. The van der Waals surface area contributed by atoms with Gasteiger partial charge in [0.05, 0.1) is 0 Å². The molecular weight excluding hydrogens is 216 g/mol.